The van der Waals surface area contributed by atoms with Gasteiger partial charge in [-0.3, -0.25) is 10.1 Å². The summed E-state index contributed by atoms with van der Waals surface area (Å²) in [7, 11) is 0. The van der Waals surface area contributed by atoms with Crippen molar-refractivity contribution in [2.45, 2.75) is 19.8 Å². The predicted molar refractivity (Wildman–Crippen MR) is 67.4 cm³/mol. The number of thiocarbonyl (C=S) groups is 1. The molecule has 0 radical (unpaired) electrons. The molecule has 16 heavy (non-hydrogen) atoms. The molecule has 5 heteroatoms. The van der Waals surface area contributed by atoms with Crippen LogP contribution >= 0.6 is 12.2 Å². The van der Waals surface area contributed by atoms with Gasteiger partial charge in [0.1, 0.15) is 0 Å². The van der Waals surface area contributed by atoms with Crippen molar-refractivity contribution < 1.29 is 4.92 Å². The number of nitro benzene ring substituents is 1. The number of nitro groups is 1. The molecule has 0 aliphatic heterocycles. The van der Waals surface area contributed by atoms with Gasteiger partial charge in [-0.25, -0.2) is 0 Å². The quantitative estimate of drug-likeness (QED) is 0.486. The van der Waals surface area contributed by atoms with E-state index in [2.05, 4.69) is 6.92 Å². The number of benzene rings is 1. The van der Waals surface area contributed by atoms with Gasteiger partial charge in [-0.2, -0.15) is 0 Å². The zero-order valence-electron chi connectivity index (χ0n) is 9.05. The molecule has 0 aliphatic carbocycles. The van der Waals surface area contributed by atoms with Crippen LogP contribution in [0, 0.1) is 16.0 Å². The van der Waals surface area contributed by atoms with E-state index in [-0.39, 0.29) is 5.69 Å². The normalized spacial score (nSPS) is 12.1. The maximum atomic E-state index is 10.5. The zero-order valence-corrected chi connectivity index (χ0v) is 9.87. The second-order valence-corrected chi connectivity index (χ2v) is 4.43. The lowest BCUT2D eigenvalue weighted by Crippen LogP contribution is -2.13. The summed E-state index contributed by atoms with van der Waals surface area (Å²) in [6.45, 7) is 2.06. The molecule has 1 aromatic rings. The van der Waals surface area contributed by atoms with Gasteiger partial charge >= 0.3 is 0 Å². The second-order valence-electron chi connectivity index (χ2n) is 3.90. The Kier molecular flexibility index (Phi) is 4.37. The van der Waals surface area contributed by atoms with E-state index in [9.17, 15) is 10.1 Å². The maximum Gasteiger partial charge on any atom is 0.269 e. The van der Waals surface area contributed by atoms with Gasteiger partial charge in [0.2, 0.25) is 0 Å². The Bertz CT molecular complexity index is 389. The molecule has 0 bridgehead atoms. The molecule has 0 aliphatic rings. The first-order valence-corrected chi connectivity index (χ1v) is 5.41. The molecule has 0 saturated carbocycles. The molecule has 2 N–H and O–H groups in total. The maximum absolute atomic E-state index is 10.5. The minimum atomic E-state index is -0.401. The van der Waals surface area contributed by atoms with E-state index < -0.39 is 4.92 Å². The van der Waals surface area contributed by atoms with Gasteiger partial charge in [0, 0.05) is 18.6 Å². The van der Waals surface area contributed by atoms with E-state index in [0.717, 1.165) is 12.0 Å². The number of hydrogen-bond donors (Lipinski definition) is 1. The van der Waals surface area contributed by atoms with E-state index in [0.29, 0.717) is 17.3 Å². The molecule has 0 aromatic heterocycles. The zero-order chi connectivity index (χ0) is 12.1. The molecule has 0 saturated heterocycles. The third-order valence-corrected chi connectivity index (χ3v) is 2.45. The van der Waals surface area contributed by atoms with Crippen LogP contribution in [0.2, 0.25) is 0 Å². The highest BCUT2D eigenvalue weighted by Crippen LogP contribution is 2.16. The van der Waals surface area contributed by atoms with E-state index in [1.54, 1.807) is 12.1 Å². The molecule has 1 aromatic carbocycles. The second kappa shape index (κ2) is 5.55. The molecule has 0 amide bonds. The fourth-order valence-corrected chi connectivity index (χ4v) is 1.86. The summed E-state index contributed by atoms with van der Waals surface area (Å²) < 4.78 is 0. The van der Waals surface area contributed by atoms with Gasteiger partial charge in [-0.15, -0.1) is 0 Å². The fraction of sp³-hybridized carbons (Fsp3) is 0.364. The fourth-order valence-electron chi connectivity index (χ4n) is 1.57. The van der Waals surface area contributed by atoms with Gasteiger partial charge in [0.05, 0.1) is 9.91 Å². The van der Waals surface area contributed by atoms with Gasteiger partial charge in [-0.1, -0.05) is 31.3 Å². The summed E-state index contributed by atoms with van der Waals surface area (Å²) in [4.78, 5) is 10.6. The average Bonchev–Trinajstić information content (AvgIpc) is 2.16. The molecule has 86 valence electrons. The van der Waals surface area contributed by atoms with Gasteiger partial charge in [0.25, 0.3) is 5.69 Å². The Balaban J connectivity index is 2.61. The first kappa shape index (κ1) is 12.6. The van der Waals surface area contributed by atoms with Crippen LogP contribution in [-0.2, 0) is 6.42 Å². The molecule has 0 fully saturated rings. The van der Waals surface area contributed by atoms with E-state index in [4.69, 9.17) is 18.0 Å². The number of hydrogen-bond acceptors (Lipinski definition) is 3. The molecule has 0 heterocycles. The van der Waals surface area contributed by atoms with E-state index in [1.165, 1.54) is 12.1 Å². The predicted octanol–water partition coefficient (Wildman–Crippen LogP) is 2.45. The van der Waals surface area contributed by atoms with Crippen molar-refractivity contribution in [2.24, 2.45) is 11.7 Å². The minimum Gasteiger partial charge on any atom is -0.393 e. The Morgan fingerprint density at radius 1 is 1.50 bits per heavy atom. The lowest BCUT2D eigenvalue weighted by atomic mass is 9.98. The van der Waals surface area contributed by atoms with Gasteiger partial charge < -0.3 is 5.73 Å². The van der Waals surface area contributed by atoms with Crippen molar-refractivity contribution in [2.75, 3.05) is 0 Å². The van der Waals surface area contributed by atoms with Crippen molar-refractivity contribution in [1.29, 1.82) is 0 Å². The number of rotatable bonds is 5. The van der Waals surface area contributed by atoms with Crippen LogP contribution in [0.4, 0.5) is 5.69 Å². The third kappa shape index (κ3) is 3.94. The smallest absolute Gasteiger partial charge is 0.269 e. The summed E-state index contributed by atoms with van der Waals surface area (Å²) in [5.74, 6) is 0.360. The summed E-state index contributed by atoms with van der Waals surface area (Å²) >= 11 is 4.83. The first-order valence-electron chi connectivity index (χ1n) is 5.00. The van der Waals surface area contributed by atoms with Crippen LogP contribution < -0.4 is 5.73 Å². The van der Waals surface area contributed by atoms with Crippen LogP contribution in [0.3, 0.4) is 0 Å². The van der Waals surface area contributed by atoms with Crippen molar-refractivity contribution >= 4 is 22.9 Å². The van der Waals surface area contributed by atoms with Crippen LogP contribution in [0.1, 0.15) is 18.9 Å². The van der Waals surface area contributed by atoms with Crippen molar-refractivity contribution in [3.63, 3.8) is 0 Å². The molecule has 1 unspecified atom stereocenters. The number of nitrogens with two attached hydrogens (primary N) is 1. The summed E-state index contributed by atoms with van der Waals surface area (Å²) in [5, 5.41) is 10.5. The standard InChI is InChI=1S/C11H14N2O2S/c1-8(7-11(12)16)6-9-2-4-10(5-3-9)13(14)15/h2-5,8H,6-7H2,1H3,(H2,12,16). The summed E-state index contributed by atoms with van der Waals surface area (Å²) in [6, 6.07) is 6.58. The highest BCUT2D eigenvalue weighted by atomic mass is 32.1. The molecular formula is C11H14N2O2S. The van der Waals surface area contributed by atoms with E-state index >= 15 is 0 Å². The minimum absolute atomic E-state index is 0.116. The van der Waals surface area contributed by atoms with Gasteiger partial charge in [0.15, 0.2) is 0 Å². The Morgan fingerprint density at radius 2 is 2.06 bits per heavy atom. The highest BCUT2D eigenvalue weighted by Gasteiger charge is 2.07. The largest absolute Gasteiger partial charge is 0.393 e. The summed E-state index contributed by atoms with van der Waals surface area (Å²) in [5.41, 5.74) is 6.63. The van der Waals surface area contributed by atoms with Crippen molar-refractivity contribution in [1.82, 2.24) is 0 Å². The molecule has 0 spiro atoms. The average molecular weight is 238 g/mol. The monoisotopic (exact) mass is 238 g/mol. The molecule has 1 atom stereocenters. The lowest BCUT2D eigenvalue weighted by molar-refractivity contribution is -0.384. The topological polar surface area (TPSA) is 69.2 Å². The third-order valence-electron chi connectivity index (χ3n) is 2.28. The van der Waals surface area contributed by atoms with Gasteiger partial charge in [-0.05, 0) is 17.9 Å². The van der Waals surface area contributed by atoms with Crippen LogP contribution in [0.5, 0.6) is 0 Å². The van der Waals surface area contributed by atoms with Crippen LogP contribution in [0.25, 0.3) is 0 Å². The molecule has 4 nitrogen and oxygen atoms in total. The van der Waals surface area contributed by atoms with Crippen LogP contribution in [-0.4, -0.2) is 9.91 Å². The number of nitrogens with zero attached hydrogens (tertiary/aromatic N) is 1. The molecular weight excluding hydrogens is 224 g/mol. The number of non-ortho nitro benzene ring substituents is 1. The Hall–Kier alpha value is -1.49. The van der Waals surface area contributed by atoms with Crippen molar-refractivity contribution in [3.8, 4) is 0 Å². The SMILES string of the molecule is CC(CC(N)=S)Cc1ccc([N+](=O)[O-])cc1. The Morgan fingerprint density at radius 3 is 2.50 bits per heavy atom. The lowest BCUT2D eigenvalue weighted by Gasteiger charge is -2.09. The summed E-state index contributed by atoms with van der Waals surface area (Å²) in [6.07, 6.45) is 1.53. The molecule has 1 rings (SSSR count). The van der Waals surface area contributed by atoms with Crippen molar-refractivity contribution in [3.05, 3.63) is 39.9 Å². The van der Waals surface area contributed by atoms with E-state index in [1.807, 2.05) is 0 Å². The van der Waals surface area contributed by atoms with Crippen LogP contribution in [0.15, 0.2) is 24.3 Å². The highest BCUT2D eigenvalue weighted by molar-refractivity contribution is 7.80. The Labute approximate surface area is 99.6 Å². The first-order chi connectivity index (χ1) is 7.49.